The topological polar surface area (TPSA) is 52.0 Å². The molecule has 8 heteroatoms. The van der Waals surface area contributed by atoms with Crippen LogP contribution in [0.25, 0.3) is 0 Å². The highest BCUT2D eigenvalue weighted by Crippen LogP contribution is 2.22. The number of halogens is 3. The highest BCUT2D eigenvalue weighted by atomic mass is 79.9. The number of aryl methyl sites for hydroxylation is 1. The van der Waals surface area contributed by atoms with Crippen LogP contribution >= 0.6 is 15.9 Å². The Bertz CT molecular complexity index is 328. The molecule has 0 amide bonds. The predicted molar refractivity (Wildman–Crippen MR) is 61.9 cm³/mol. The van der Waals surface area contributed by atoms with Crippen LogP contribution in [0, 0.1) is 0 Å². The maximum atomic E-state index is 11.9. The predicted octanol–water partition coefficient (Wildman–Crippen LogP) is 1.51. The van der Waals surface area contributed by atoms with Gasteiger partial charge in [0, 0.05) is 13.7 Å². The molecule has 0 bridgehead atoms. The second kappa shape index (κ2) is 6.97. The van der Waals surface area contributed by atoms with Crippen LogP contribution in [0.2, 0.25) is 0 Å². The van der Waals surface area contributed by atoms with E-state index in [4.69, 9.17) is 4.74 Å². The van der Waals surface area contributed by atoms with Crippen molar-refractivity contribution in [3.05, 3.63) is 10.3 Å². The van der Waals surface area contributed by atoms with Gasteiger partial charge in [0.1, 0.15) is 6.61 Å². The minimum absolute atomic E-state index is 0.0398. The van der Waals surface area contributed by atoms with E-state index in [1.807, 2.05) is 0 Å². The molecule has 0 aliphatic heterocycles. The van der Waals surface area contributed by atoms with E-state index in [0.29, 0.717) is 11.0 Å². The maximum absolute atomic E-state index is 11.9. The van der Waals surface area contributed by atoms with Crippen molar-refractivity contribution in [2.45, 2.75) is 18.9 Å². The quantitative estimate of drug-likeness (QED) is 0.775. The van der Waals surface area contributed by atoms with Crippen molar-refractivity contribution in [1.82, 2.24) is 20.3 Å². The molecule has 98 valence electrons. The molecule has 0 radical (unpaired) electrons. The van der Waals surface area contributed by atoms with Gasteiger partial charge in [-0.25, -0.2) is 13.5 Å². The Morgan fingerprint density at radius 1 is 1.53 bits per heavy atom. The highest BCUT2D eigenvalue weighted by molar-refractivity contribution is 9.10. The molecule has 0 aliphatic rings. The minimum atomic E-state index is -2.42. The number of rotatable bonds is 7. The van der Waals surface area contributed by atoms with E-state index in [-0.39, 0.29) is 12.6 Å². The first-order valence-electron chi connectivity index (χ1n) is 5.14. The lowest BCUT2D eigenvalue weighted by Gasteiger charge is -2.16. The Balaban J connectivity index is 2.49. The first-order valence-corrected chi connectivity index (χ1v) is 5.93. The van der Waals surface area contributed by atoms with Crippen LogP contribution in [-0.4, -0.2) is 41.7 Å². The van der Waals surface area contributed by atoms with E-state index in [0.717, 1.165) is 5.69 Å². The molecule has 1 heterocycles. The van der Waals surface area contributed by atoms with Gasteiger partial charge in [-0.05, 0) is 29.4 Å². The molecular formula is C9H15BrF2N4O. The number of alkyl halides is 2. The Morgan fingerprint density at radius 2 is 2.24 bits per heavy atom. The van der Waals surface area contributed by atoms with E-state index < -0.39 is 13.0 Å². The lowest BCUT2D eigenvalue weighted by molar-refractivity contribution is 0.0143. The van der Waals surface area contributed by atoms with Crippen LogP contribution in [0.3, 0.4) is 0 Å². The highest BCUT2D eigenvalue weighted by Gasteiger charge is 2.18. The fraction of sp³-hybridized carbons (Fsp3) is 0.778. The van der Waals surface area contributed by atoms with Crippen molar-refractivity contribution in [3.63, 3.8) is 0 Å². The second-order valence-electron chi connectivity index (χ2n) is 3.49. The zero-order valence-electron chi connectivity index (χ0n) is 9.66. The van der Waals surface area contributed by atoms with Crippen LogP contribution in [0.5, 0.6) is 0 Å². The van der Waals surface area contributed by atoms with Gasteiger partial charge < -0.3 is 10.1 Å². The zero-order valence-corrected chi connectivity index (χ0v) is 11.2. The monoisotopic (exact) mass is 312 g/mol. The summed E-state index contributed by atoms with van der Waals surface area (Å²) < 4.78 is 30.9. The Hall–Kier alpha value is -0.600. The molecule has 0 aliphatic carbocycles. The molecule has 1 atom stereocenters. The normalized spacial score (nSPS) is 13.3. The number of hydrogen-bond donors (Lipinski definition) is 1. The van der Waals surface area contributed by atoms with E-state index >= 15 is 0 Å². The number of ether oxygens (including phenoxy) is 1. The number of nitrogens with zero attached hydrogens (tertiary/aromatic N) is 3. The fourth-order valence-corrected chi connectivity index (χ4v) is 2.10. The molecule has 0 fully saturated rings. The van der Waals surface area contributed by atoms with Crippen molar-refractivity contribution in [2.75, 3.05) is 20.3 Å². The summed E-state index contributed by atoms with van der Waals surface area (Å²) in [6.45, 7) is -0.269. The summed E-state index contributed by atoms with van der Waals surface area (Å²) >= 11 is 3.30. The van der Waals surface area contributed by atoms with Gasteiger partial charge in [0.15, 0.2) is 4.60 Å². The summed E-state index contributed by atoms with van der Waals surface area (Å²) in [7, 11) is 3.56. The summed E-state index contributed by atoms with van der Waals surface area (Å²) in [5.41, 5.74) is 0.869. The summed E-state index contributed by atoms with van der Waals surface area (Å²) in [6.07, 6.45) is -1.85. The van der Waals surface area contributed by atoms with Crippen molar-refractivity contribution in [1.29, 1.82) is 0 Å². The van der Waals surface area contributed by atoms with Gasteiger partial charge in [-0.15, -0.1) is 5.10 Å². The average Bonchev–Trinajstić information content (AvgIpc) is 2.60. The van der Waals surface area contributed by atoms with Crippen LogP contribution in [0.1, 0.15) is 18.2 Å². The van der Waals surface area contributed by atoms with Crippen molar-refractivity contribution >= 4 is 15.9 Å². The smallest absolute Gasteiger partial charge is 0.261 e. The third-order valence-electron chi connectivity index (χ3n) is 2.30. The number of nitrogens with one attached hydrogen (secondary N) is 1. The lowest BCUT2D eigenvalue weighted by atomic mass is 10.1. The van der Waals surface area contributed by atoms with Crippen LogP contribution < -0.4 is 5.32 Å². The molecular weight excluding hydrogens is 298 g/mol. The van der Waals surface area contributed by atoms with Crippen LogP contribution in [0.15, 0.2) is 4.60 Å². The molecule has 0 saturated carbocycles. The first-order chi connectivity index (χ1) is 8.06. The first kappa shape index (κ1) is 14.5. The zero-order chi connectivity index (χ0) is 12.8. The lowest BCUT2D eigenvalue weighted by Crippen LogP contribution is -2.22. The van der Waals surface area contributed by atoms with E-state index in [1.165, 1.54) is 0 Å². The largest absolute Gasteiger partial charge is 0.375 e. The molecule has 1 N–H and O–H groups in total. The van der Waals surface area contributed by atoms with Gasteiger partial charge in [-0.1, -0.05) is 5.21 Å². The maximum Gasteiger partial charge on any atom is 0.261 e. The number of hydrogen-bond acceptors (Lipinski definition) is 4. The average molecular weight is 313 g/mol. The molecule has 0 spiro atoms. The molecule has 0 saturated heterocycles. The van der Waals surface area contributed by atoms with E-state index in [1.54, 1.807) is 18.8 Å². The summed E-state index contributed by atoms with van der Waals surface area (Å²) in [4.78, 5) is 0. The van der Waals surface area contributed by atoms with Crippen LogP contribution in [-0.2, 0) is 11.8 Å². The third-order valence-corrected chi connectivity index (χ3v) is 2.86. The summed E-state index contributed by atoms with van der Waals surface area (Å²) in [5, 5.41) is 10.8. The van der Waals surface area contributed by atoms with Gasteiger partial charge >= 0.3 is 0 Å². The van der Waals surface area contributed by atoms with E-state index in [9.17, 15) is 8.78 Å². The van der Waals surface area contributed by atoms with Gasteiger partial charge in [0.05, 0.1) is 11.7 Å². The van der Waals surface area contributed by atoms with E-state index in [2.05, 4.69) is 31.6 Å². The molecule has 1 aromatic heterocycles. The molecule has 1 unspecified atom stereocenters. The molecule has 0 aromatic carbocycles. The summed E-state index contributed by atoms with van der Waals surface area (Å²) in [5.74, 6) is 0. The Kier molecular flexibility index (Phi) is 5.93. The fourth-order valence-electron chi connectivity index (χ4n) is 1.50. The third kappa shape index (κ3) is 4.29. The second-order valence-corrected chi connectivity index (χ2v) is 4.24. The minimum Gasteiger partial charge on any atom is -0.375 e. The van der Waals surface area contributed by atoms with Gasteiger partial charge in [0.2, 0.25) is 0 Å². The Morgan fingerprint density at radius 3 is 2.71 bits per heavy atom. The van der Waals surface area contributed by atoms with Gasteiger partial charge in [-0.3, -0.25) is 0 Å². The standard InChI is InChI=1S/C9H15BrF2N4O/c1-13-6(3-4-17-5-7(11)12)8-9(10)14-15-16(8)2/h6-7,13H,3-5H2,1-2H3. The van der Waals surface area contributed by atoms with Gasteiger partial charge in [-0.2, -0.15) is 0 Å². The van der Waals surface area contributed by atoms with Crippen molar-refractivity contribution in [2.24, 2.45) is 7.05 Å². The van der Waals surface area contributed by atoms with Crippen LogP contribution in [0.4, 0.5) is 8.78 Å². The molecule has 1 aromatic rings. The molecule has 17 heavy (non-hydrogen) atoms. The molecule has 5 nitrogen and oxygen atoms in total. The van der Waals surface area contributed by atoms with Gasteiger partial charge in [0.25, 0.3) is 6.43 Å². The SMILES string of the molecule is CNC(CCOCC(F)F)c1c(Br)nnn1C. The summed E-state index contributed by atoms with van der Waals surface area (Å²) in [6, 6.07) is -0.0398. The number of aromatic nitrogens is 3. The molecule has 1 rings (SSSR count). The van der Waals surface area contributed by atoms with Crippen molar-refractivity contribution < 1.29 is 13.5 Å². The van der Waals surface area contributed by atoms with Crippen molar-refractivity contribution in [3.8, 4) is 0 Å². The Labute approximate surface area is 107 Å².